The first kappa shape index (κ1) is 19.2. The maximum atomic E-state index is 12.6. The minimum atomic E-state index is -0.358. The van der Waals surface area contributed by atoms with Crippen molar-refractivity contribution in [3.63, 3.8) is 0 Å². The molecular weight excluding hydrogens is 356 g/mol. The molecule has 1 aromatic heterocycles. The van der Waals surface area contributed by atoms with Gasteiger partial charge in [-0.1, -0.05) is 19.1 Å². The Hall–Kier alpha value is -3.54. The van der Waals surface area contributed by atoms with Gasteiger partial charge < -0.3 is 19.8 Å². The van der Waals surface area contributed by atoms with Gasteiger partial charge in [-0.25, -0.2) is 0 Å². The van der Waals surface area contributed by atoms with E-state index in [1.807, 2.05) is 19.9 Å². The third-order valence-electron chi connectivity index (χ3n) is 4.13. The fourth-order valence-corrected chi connectivity index (χ4v) is 2.50. The van der Waals surface area contributed by atoms with Crippen LogP contribution >= 0.6 is 0 Å². The summed E-state index contributed by atoms with van der Waals surface area (Å²) < 4.78 is 10.8. The fourth-order valence-electron chi connectivity index (χ4n) is 2.50. The molecule has 3 rings (SSSR count). The van der Waals surface area contributed by atoms with Crippen molar-refractivity contribution in [2.45, 2.75) is 26.4 Å². The first-order valence-electron chi connectivity index (χ1n) is 9.08. The summed E-state index contributed by atoms with van der Waals surface area (Å²) in [6, 6.07) is 17.2. The molecule has 0 saturated heterocycles. The predicted octanol–water partition coefficient (Wildman–Crippen LogP) is 4.96. The topological polar surface area (TPSA) is 80.6 Å². The van der Waals surface area contributed by atoms with Gasteiger partial charge in [0.15, 0.2) is 5.76 Å². The zero-order chi connectivity index (χ0) is 19.9. The molecule has 0 bridgehead atoms. The molecule has 6 heteroatoms. The summed E-state index contributed by atoms with van der Waals surface area (Å²) in [7, 11) is 0. The summed E-state index contributed by atoms with van der Waals surface area (Å²) in [5, 5.41) is 5.56. The number of hydrogen-bond donors (Lipinski definition) is 2. The van der Waals surface area contributed by atoms with Crippen LogP contribution in [0.1, 0.15) is 41.2 Å². The Kier molecular flexibility index (Phi) is 6.11. The monoisotopic (exact) mass is 378 g/mol. The summed E-state index contributed by atoms with van der Waals surface area (Å²) in [5.41, 5.74) is 1.61. The first-order valence-corrected chi connectivity index (χ1v) is 9.08. The van der Waals surface area contributed by atoms with Gasteiger partial charge in [0.05, 0.1) is 12.4 Å². The number of carbonyl (C=O) groups is 2. The van der Waals surface area contributed by atoms with Crippen molar-refractivity contribution in [2.24, 2.45) is 0 Å². The minimum Gasteiger partial charge on any atom is -0.491 e. The highest BCUT2D eigenvalue weighted by atomic mass is 16.5. The molecule has 0 saturated carbocycles. The van der Waals surface area contributed by atoms with E-state index >= 15 is 0 Å². The van der Waals surface area contributed by atoms with Gasteiger partial charge in [0.1, 0.15) is 5.75 Å². The molecule has 0 radical (unpaired) electrons. The highest BCUT2D eigenvalue weighted by Gasteiger charge is 2.11. The van der Waals surface area contributed by atoms with E-state index in [1.165, 1.54) is 6.26 Å². The maximum Gasteiger partial charge on any atom is 0.291 e. The van der Waals surface area contributed by atoms with Crippen LogP contribution in [0.5, 0.6) is 5.75 Å². The average Bonchev–Trinajstić information content (AvgIpc) is 3.23. The number of anilines is 2. The van der Waals surface area contributed by atoms with Gasteiger partial charge in [-0.2, -0.15) is 0 Å². The van der Waals surface area contributed by atoms with E-state index in [0.717, 1.165) is 6.42 Å². The zero-order valence-corrected chi connectivity index (χ0v) is 15.8. The molecule has 0 spiro atoms. The Labute approximate surface area is 163 Å². The van der Waals surface area contributed by atoms with Gasteiger partial charge in [0.25, 0.3) is 11.8 Å². The van der Waals surface area contributed by atoms with Crippen molar-refractivity contribution < 1.29 is 18.7 Å². The van der Waals surface area contributed by atoms with Crippen molar-refractivity contribution in [3.05, 3.63) is 78.3 Å². The summed E-state index contributed by atoms with van der Waals surface area (Å²) in [6.45, 7) is 4.02. The van der Waals surface area contributed by atoms with E-state index < -0.39 is 0 Å². The van der Waals surface area contributed by atoms with E-state index in [-0.39, 0.29) is 23.7 Å². The summed E-state index contributed by atoms with van der Waals surface area (Å²) in [5.74, 6) is 0.251. The lowest BCUT2D eigenvalue weighted by molar-refractivity contribution is 0.0995. The Morgan fingerprint density at radius 2 is 1.68 bits per heavy atom. The molecule has 28 heavy (non-hydrogen) atoms. The second kappa shape index (κ2) is 8.90. The second-order valence-electron chi connectivity index (χ2n) is 6.33. The van der Waals surface area contributed by atoms with Crippen LogP contribution in [0.15, 0.2) is 71.3 Å². The van der Waals surface area contributed by atoms with Crippen molar-refractivity contribution in [2.75, 3.05) is 10.6 Å². The minimum absolute atomic E-state index is 0.0766. The normalized spacial score (nSPS) is 11.5. The van der Waals surface area contributed by atoms with Gasteiger partial charge in [-0.3, -0.25) is 9.59 Å². The number of hydrogen-bond acceptors (Lipinski definition) is 4. The predicted molar refractivity (Wildman–Crippen MR) is 108 cm³/mol. The average molecular weight is 378 g/mol. The van der Waals surface area contributed by atoms with Crippen LogP contribution in [0.25, 0.3) is 0 Å². The Bertz CT molecular complexity index is 951. The molecule has 0 fully saturated rings. The van der Waals surface area contributed by atoms with Crippen LogP contribution in [-0.4, -0.2) is 17.9 Å². The molecule has 3 aromatic rings. The number of nitrogens with one attached hydrogen (secondary N) is 2. The number of carbonyl (C=O) groups excluding carboxylic acids is 2. The first-order chi connectivity index (χ1) is 13.5. The van der Waals surface area contributed by atoms with Crippen molar-refractivity contribution in [1.29, 1.82) is 0 Å². The summed E-state index contributed by atoms with van der Waals surface area (Å²) in [6.07, 6.45) is 2.39. The van der Waals surface area contributed by atoms with E-state index in [0.29, 0.717) is 22.7 Å². The van der Waals surface area contributed by atoms with E-state index in [1.54, 1.807) is 54.6 Å². The molecule has 2 N–H and O–H groups in total. The molecule has 2 amide bonds. The van der Waals surface area contributed by atoms with Gasteiger partial charge in [0.2, 0.25) is 0 Å². The van der Waals surface area contributed by atoms with Crippen molar-refractivity contribution >= 4 is 23.2 Å². The van der Waals surface area contributed by atoms with Crippen molar-refractivity contribution in [1.82, 2.24) is 0 Å². The number of benzene rings is 2. The molecule has 0 aliphatic heterocycles. The lowest BCUT2D eigenvalue weighted by Gasteiger charge is -2.13. The molecule has 1 atom stereocenters. The fraction of sp³-hybridized carbons (Fsp3) is 0.182. The van der Waals surface area contributed by atoms with Gasteiger partial charge in [-0.05, 0) is 61.9 Å². The van der Waals surface area contributed by atoms with E-state index in [4.69, 9.17) is 9.15 Å². The number of rotatable bonds is 7. The highest BCUT2D eigenvalue weighted by molar-refractivity contribution is 6.05. The van der Waals surface area contributed by atoms with Crippen LogP contribution in [-0.2, 0) is 0 Å². The molecular formula is C22H22N2O4. The Morgan fingerprint density at radius 3 is 2.36 bits per heavy atom. The Morgan fingerprint density at radius 1 is 0.964 bits per heavy atom. The maximum absolute atomic E-state index is 12.6. The van der Waals surface area contributed by atoms with Crippen LogP contribution in [0.4, 0.5) is 11.4 Å². The number of ether oxygens (including phenoxy) is 1. The lowest BCUT2D eigenvalue weighted by Crippen LogP contribution is -2.14. The van der Waals surface area contributed by atoms with E-state index in [9.17, 15) is 9.59 Å². The quantitative estimate of drug-likeness (QED) is 0.609. The molecule has 144 valence electrons. The second-order valence-corrected chi connectivity index (χ2v) is 6.33. The zero-order valence-electron chi connectivity index (χ0n) is 15.8. The molecule has 2 aromatic carbocycles. The smallest absolute Gasteiger partial charge is 0.291 e. The number of amides is 2. The largest absolute Gasteiger partial charge is 0.491 e. The van der Waals surface area contributed by atoms with Gasteiger partial charge in [0, 0.05) is 16.9 Å². The van der Waals surface area contributed by atoms with E-state index in [2.05, 4.69) is 10.6 Å². The SMILES string of the molecule is CCC(C)Oc1cccc(C(=O)Nc2cccc(NC(=O)c3ccco3)c2)c1. The van der Waals surface area contributed by atoms with Gasteiger partial charge >= 0.3 is 0 Å². The molecule has 6 nitrogen and oxygen atoms in total. The van der Waals surface area contributed by atoms with Crippen LogP contribution < -0.4 is 15.4 Å². The molecule has 0 aliphatic rings. The van der Waals surface area contributed by atoms with Crippen LogP contribution in [0.2, 0.25) is 0 Å². The highest BCUT2D eigenvalue weighted by Crippen LogP contribution is 2.20. The van der Waals surface area contributed by atoms with Crippen LogP contribution in [0, 0.1) is 0 Å². The third-order valence-corrected chi connectivity index (χ3v) is 4.13. The molecule has 0 aliphatic carbocycles. The van der Waals surface area contributed by atoms with Crippen LogP contribution in [0.3, 0.4) is 0 Å². The molecule has 1 heterocycles. The number of furan rings is 1. The standard InChI is InChI=1S/C22H22N2O4/c1-3-15(2)28-19-10-4-7-16(13-19)21(25)23-17-8-5-9-18(14-17)24-22(26)20-11-6-12-27-20/h4-15H,3H2,1-2H3,(H,23,25)(H,24,26). The molecule has 1 unspecified atom stereocenters. The summed E-state index contributed by atoms with van der Waals surface area (Å²) in [4.78, 5) is 24.6. The third kappa shape index (κ3) is 5.01. The van der Waals surface area contributed by atoms with Gasteiger partial charge in [-0.15, -0.1) is 0 Å². The lowest BCUT2D eigenvalue weighted by atomic mass is 10.2. The Balaban J connectivity index is 1.67. The van der Waals surface area contributed by atoms with Crippen molar-refractivity contribution in [3.8, 4) is 5.75 Å². The summed E-state index contributed by atoms with van der Waals surface area (Å²) >= 11 is 0.